The lowest BCUT2D eigenvalue weighted by atomic mass is 10.1. The van der Waals surface area contributed by atoms with Crippen LogP contribution in [0.2, 0.25) is 5.02 Å². The average Bonchev–Trinajstić information content (AvgIpc) is 2.66. The van der Waals surface area contributed by atoms with Gasteiger partial charge in [-0.05, 0) is 43.0 Å². The fourth-order valence-corrected chi connectivity index (χ4v) is 2.80. The fourth-order valence-electron chi connectivity index (χ4n) is 2.54. The molecule has 0 unspecified atom stereocenters. The minimum Gasteiger partial charge on any atom is -0.495 e. The van der Waals surface area contributed by atoms with Gasteiger partial charge in [-0.3, -0.25) is 9.59 Å². The number of hydrogen-bond acceptors (Lipinski definition) is 4. The van der Waals surface area contributed by atoms with E-state index in [1.807, 2.05) is 18.2 Å². The molecule has 0 saturated carbocycles. The molecule has 0 aliphatic rings. The van der Waals surface area contributed by atoms with Crippen molar-refractivity contribution in [3.8, 4) is 5.75 Å². The maximum atomic E-state index is 11.9. The topological polar surface area (TPSA) is 64.6 Å². The molecule has 5 nitrogen and oxygen atoms in total. The van der Waals surface area contributed by atoms with Gasteiger partial charge in [-0.25, -0.2) is 0 Å². The summed E-state index contributed by atoms with van der Waals surface area (Å²) < 4.78 is 10.3. The molecule has 0 aromatic heterocycles. The van der Waals surface area contributed by atoms with Crippen molar-refractivity contribution >= 4 is 29.2 Å². The van der Waals surface area contributed by atoms with E-state index in [1.54, 1.807) is 18.2 Å². The van der Waals surface area contributed by atoms with Crippen LogP contribution >= 0.6 is 11.6 Å². The maximum absolute atomic E-state index is 11.9. The van der Waals surface area contributed by atoms with Gasteiger partial charge in [0.05, 0.1) is 18.7 Å². The molecule has 6 heteroatoms. The zero-order chi connectivity index (χ0) is 19.5. The minimum atomic E-state index is -0.275. The summed E-state index contributed by atoms with van der Waals surface area (Å²) in [5.41, 5.74) is 1.82. The summed E-state index contributed by atoms with van der Waals surface area (Å²) in [6.45, 7) is 0.393. The number of methoxy groups -OCH3 is 1. The molecule has 2 aromatic carbocycles. The zero-order valence-corrected chi connectivity index (χ0v) is 16.1. The van der Waals surface area contributed by atoms with Crippen LogP contribution in [0, 0.1) is 0 Å². The van der Waals surface area contributed by atoms with E-state index in [0.29, 0.717) is 29.5 Å². The number of nitrogens with one attached hydrogen (secondary N) is 1. The molecule has 0 atom stereocenters. The summed E-state index contributed by atoms with van der Waals surface area (Å²) in [7, 11) is 1.53. The van der Waals surface area contributed by atoms with E-state index in [9.17, 15) is 9.59 Å². The number of carbonyl (C=O) groups is 2. The molecule has 0 fully saturated rings. The molecule has 2 rings (SSSR count). The van der Waals surface area contributed by atoms with Crippen LogP contribution in [-0.4, -0.2) is 25.6 Å². The Morgan fingerprint density at radius 2 is 1.81 bits per heavy atom. The number of carbonyl (C=O) groups excluding carboxylic acids is 2. The van der Waals surface area contributed by atoms with E-state index in [4.69, 9.17) is 21.1 Å². The van der Waals surface area contributed by atoms with E-state index >= 15 is 0 Å². The van der Waals surface area contributed by atoms with Gasteiger partial charge in [-0.2, -0.15) is 0 Å². The number of hydrogen-bond donors (Lipinski definition) is 1. The first-order valence-corrected chi connectivity index (χ1v) is 9.29. The fraction of sp³-hybridized carbons (Fsp3) is 0.333. The van der Waals surface area contributed by atoms with Gasteiger partial charge in [0.1, 0.15) is 5.75 Å². The molecule has 144 valence electrons. The number of rotatable bonds is 10. The molecule has 1 amide bonds. The van der Waals surface area contributed by atoms with Gasteiger partial charge in [0, 0.05) is 18.5 Å². The number of benzene rings is 2. The van der Waals surface area contributed by atoms with Crippen LogP contribution in [0.15, 0.2) is 48.5 Å². The van der Waals surface area contributed by atoms with Crippen molar-refractivity contribution in [2.75, 3.05) is 19.0 Å². The van der Waals surface area contributed by atoms with Gasteiger partial charge in [-0.1, -0.05) is 41.9 Å². The van der Waals surface area contributed by atoms with Crippen LogP contribution in [0.4, 0.5) is 5.69 Å². The Morgan fingerprint density at radius 1 is 1.04 bits per heavy atom. The summed E-state index contributed by atoms with van der Waals surface area (Å²) in [5.74, 6) is 0.0983. The van der Waals surface area contributed by atoms with E-state index < -0.39 is 0 Å². The van der Waals surface area contributed by atoms with Gasteiger partial charge >= 0.3 is 5.97 Å². The largest absolute Gasteiger partial charge is 0.495 e. The summed E-state index contributed by atoms with van der Waals surface area (Å²) in [6, 6.07) is 15.1. The molecule has 1 N–H and O–H groups in total. The van der Waals surface area contributed by atoms with Crippen LogP contribution in [0.1, 0.15) is 31.2 Å². The Morgan fingerprint density at radius 3 is 2.52 bits per heavy atom. The normalized spacial score (nSPS) is 10.3. The molecule has 0 radical (unpaired) electrons. The molecule has 27 heavy (non-hydrogen) atoms. The van der Waals surface area contributed by atoms with Crippen molar-refractivity contribution in [3.05, 3.63) is 59.1 Å². The third-order valence-electron chi connectivity index (χ3n) is 3.94. The van der Waals surface area contributed by atoms with Gasteiger partial charge < -0.3 is 14.8 Å². The van der Waals surface area contributed by atoms with E-state index in [2.05, 4.69) is 17.4 Å². The van der Waals surface area contributed by atoms with Crippen molar-refractivity contribution in [1.82, 2.24) is 0 Å². The molecule has 0 aliphatic carbocycles. The first-order valence-electron chi connectivity index (χ1n) is 8.91. The van der Waals surface area contributed by atoms with Gasteiger partial charge in [0.25, 0.3) is 0 Å². The first kappa shape index (κ1) is 20.8. The summed E-state index contributed by atoms with van der Waals surface area (Å²) >= 11 is 6.02. The maximum Gasteiger partial charge on any atom is 0.305 e. The molecule has 0 spiro atoms. The Hall–Kier alpha value is -2.53. The number of aryl methyl sites for hydroxylation is 1. The second-order valence-electron chi connectivity index (χ2n) is 6.06. The Bertz CT molecular complexity index is 749. The minimum absolute atomic E-state index is 0.173. The Balaban J connectivity index is 1.58. The smallest absolute Gasteiger partial charge is 0.305 e. The van der Waals surface area contributed by atoms with E-state index in [0.717, 1.165) is 12.8 Å². The number of ether oxygens (including phenoxy) is 2. The van der Waals surface area contributed by atoms with Crippen LogP contribution < -0.4 is 10.1 Å². The van der Waals surface area contributed by atoms with E-state index in [-0.39, 0.29) is 24.7 Å². The van der Waals surface area contributed by atoms with Crippen molar-refractivity contribution in [3.63, 3.8) is 0 Å². The lowest BCUT2D eigenvalue weighted by molar-refractivity contribution is -0.143. The zero-order valence-electron chi connectivity index (χ0n) is 15.4. The quantitative estimate of drug-likeness (QED) is 0.475. The molecular formula is C21H24ClNO4. The predicted molar refractivity (Wildman–Crippen MR) is 106 cm³/mol. The Labute approximate surface area is 164 Å². The van der Waals surface area contributed by atoms with E-state index in [1.165, 1.54) is 12.7 Å². The van der Waals surface area contributed by atoms with Crippen LogP contribution in [0.3, 0.4) is 0 Å². The van der Waals surface area contributed by atoms with Crippen LogP contribution in [0.25, 0.3) is 0 Å². The van der Waals surface area contributed by atoms with Gasteiger partial charge in [0.15, 0.2) is 0 Å². The third-order valence-corrected chi connectivity index (χ3v) is 4.23. The monoisotopic (exact) mass is 389 g/mol. The average molecular weight is 390 g/mol. The highest BCUT2D eigenvalue weighted by atomic mass is 35.5. The number of amides is 1. The lowest BCUT2D eigenvalue weighted by Gasteiger charge is -2.08. The van der Waals surface area contributed by atoms with Crippen molar-refractivity contribution in [2.45, 2.75) is 32.1 Å². The van der Waals surface area contributed by atoms with Crippen LogP contribution in [-0.2, 0) is 20.7 Å². The van der Waals surface area contributed by atoms with Crippen molar-refractivity contribution in [1.29, 1.82) is 0 Å². The second kappa shape index (κ2) is 11.2. The lowest BCUT2D eigenvalue weighted by Crippen LogP contribution is -2.13. The second-order valence-corrected chi connectivity index (χ2v) is 6.47. The highest BCUT2D eigenvalue weighted by Gasteiger charge is 2.08. The highest BCUT2D eigenvalue weighted by Crippen LogP contribution is 2.27. The molecule has 0 heterocycles. The summed E-state index contributed by atoms with van der Waals surface area (Å²) in [6.07, 6.45) is 2.56. The molecule has 2 aromatic rings. The summed E-state index contributed by atoms with van der Waals surface area (Å²) in [4.78, 5) is 23.7. The standard InChI is InChI=1S/C21H24ClNO4/c1-26-19-13-12-17(15-18(19)22)23-20(24)10-5-11-21(25)27-14-6-9-16-7-3-2-4-8-16/h2-4,7-8,12-13,15H,5-6,9-11,14H2,1H3,(H,23,24). The molecular weight excluding hydrogens is 366 g/mol. The predicted octanol–water partition coefficient (Wildman–Crippen LogP) is 4.63. The SMILES string of the molecule is COc1ccc(NC(=O)CCCC(=O)OCCCc2ccccc2)cc1Cl. The first-order chi connectivity index (χ1) is 13.1. The Kier molecular flexibility index (Phi) is 8.65. The number of anilines is 1. The summed E-state index contributed by atoms with van der Waals surface area (Å²) in [5, 5.41) is 3.17. The van der Waals surface area contributed by atoms with Crippen molar-refractivity contribution < 1.29 is 19.1 Å². The van der Waals surface area contributed by atoms with Crippen molar-refractivity contribution in [2.24, 2.45) is 0 Å². The van der Waals surface area contributed by atoms with Gasteiger partial charge in [0.2, 0.25) is 5.91 Å². The number of halogens is 1. The van der Waals surface area contributed by atoms with Gasteiger partial charge in [-0.15, -0.1) is 0 Å². The number of esters is 1. The highest BCUT2D eigenvalue weighted by molar-refractivity contribution is 6.32. The molecule has 0 bridgehead atoms. The van der Waals surface area contributed by atoms with Crippen LogP contribution in [0.5, 0.6) is 5.75 Å². The molecule has 0 saturated heterocycles. The molecule has 0 aliphatic heterocycles. The third kappa shape index (κ3) is 7.71.